The number of aryl methyl sites for hydroxylation is 2. The second kappa shape index (κ2) is 9.38. The largest absolute Gasteiger partial charge is 0.497 e. The van der Waals surface area contributed by atoms with Crippen LogP contribution >= 0.6 is 0 Å². The van der Waals surface area contributed by atoms with Crippen LogP contribution in [0.25, 0.3) is 16.6 Å². The van der Waals surface area contributed by atoms with Crippen molar-refractivity contribution in [2.45, 2.75) is 33.4 Å². The fourth-order valence-electron chi connectivity index (χ4n) is 3.92. The maximum atomic E-state index is 13.4. The number of aromatic nitrogens is 4. The first-order valence-corrected chi connectivity index (χ1v) is 10.9. The first-order chi connectivity index (χ1) is 16.3. The Morgan fingerprint density at radius 3 is 2.47 bits per heavy atom. The monoisotopic (exact) mass is 461 g/mol. The zero-order valence-corrected chi connectivity index (χ0v) is 19.8. The van der Waals surface area contributed by atoms with Gasteiger partial charge in [0.2, 0.25) is 5.91 Å². The number of para-hydroxylation sites is 1. The van der Waals surface area contributed by atoms with E-state index in [-0.39, 0.29) is 18.0 Å². The van der Waals surface area contributed by atoms with Crippen LogP contribution in [0.4, 0.5) is 0 Å². The number of rotatable bonds is 7. The summed E-state index contributed by atoms with van der Waals surface area (Å²) >= 11 is 0. The highest BCUT2D eigenvalue weighted by Crippen LogP contribution is 2.24. The third-order valence-electron chi connectivity index (χ3n) is 5.83. The Labute approximate surface area is 196 Å². The fraction of sp³-hybridized carbons (Fsp3) is 0.280. The van der Waals surface area contributed by atoms with Crippen molar-refractivity contribution in [3.8, 4) is 17.2 Å². The van der Waals surface area contributed by atoms with E-state index in [1.807, 2.05) is 37.3 Å². The van der Waals surface area contributed by atoms with Gasteiger partial charge in [-0.2, -0.15) is 10.2 Å². The van der Waals surface area contributed by atoms with Crippen LogP contribution in [0.15, 0.2) is 53.3 Å². The number of methoxy groups -OCH3 is 2. The molecule has 0 spiro atoms. The summed E-state index contributed by atoms with van der Waals surface area (Å²) in [5.74, 6) is 0.944. The highest BCUT2D eigenvalue weighted by molar-refractivity contribution is 5.84. The zero-order valence-electron chi connectivity index (χ0n) is 19.8. The summed E-state index contributed by atoms with van der Waals surface area (Å²) in [6.07, 6.45) is 0. The van der Waals surface area contributed by atoms with Gasteiger partial charge in [-0.15, -0.1) is 0 Å². The van der Waals surface area contributed by atoms with E-state index in [1.54, 1.807) is 50.9 Å². The van der Waals surface area contributed by atoms with Crippen LogP contribution in [-0.4, -0.2) is 39.7 Å². The van der Waals surface area contributed by atoms with Crippen LogP contribution in [0.3, 0.4) is 0 Å². The lowest BCUT2D eigenvalue weighted by Crippen LogP contribution is -2.37. The Balaban J connectivity index is 1.65. The van der Waals surface area contributed by atoms with E-state index < -0.39 is 6.04 Å². The van der Waals surface area contributed by atoms with E-state index in [9.17, 15) is 9.59 Å². The molecule has 0 bridgehead atoms. The van der Waals surface area contributed by atoms with Crippen LogP contribution in [0.2, 0.25) is 0 Å². The summed E-state index contributed by atoms with van der Waals surface area (Å²) in [5, 5.41) is 12.3. The van der Waals surface area contributed by atoms with Gasteiger partial charge < -0.3 is 14.8 Å². The van der Waals surface area contributed by atoms with Crippen molar-refractivity contribution >= 4 is 16.8 Å². The fourth-order valence-corrected chi connectivity index (χ4v) is 3.92. The number of carbonyl (C=O) groups is 1. The Hall–Kier alpha value is -4.14. The van der Waals surface area contributed by atoms with Gasteiger partial charge in [0.05, 0.1) is 36.7 Å². The quantitative estimate of drug-likeness (QED) is 0.454. The highest BCUT2D eigenvalue weighted by Gasteiger charge is 2.23. The summed E-state index contributed by atoms with van der Waals surface area (Å²) in [7, 11) is 3.14. The molecule has 0 unspecified atom stereocenters. The van der Waals surface area contributed by atoms with Gasteiger partial charge in [0.25, 0.3) is 5.56 Å². The molecule has 0 saturated heterocycles. The van der Waals surface area contributed by atoms with Crippen LogP contribution < -0.4 is 20.3 Å². The minimum Gasteiger partial charge on any atom is -0.497 e. The Bertz CT molecular complexity index is 1410. The van der Waals surface area contributed by atoms with Crippen molar-refractivity contribution in [1.82, 2.24) is 24.9 Å². The molecule has 34 heavy (non-hydrogen) atoms. The summed E-state index contributed by atoms with van der Waals surface area (Å²) in [4.78, 5) is 26.4. The normalized spacial score (nSPS) is 11.9. The molecule has 0 aliphatic heterocycles. The average Bonchev–Trinajstić information content (AvgIpc) is 3.22. The van der Waals surface area contributed by atoms with Gasteiger partial charge in [0.1, 0.15) is 23.1 Å². The van der Waals surface area contributed by atoms with Gasteiger partial charge >= 0.3 is 0 Å². The molecule has 0 aliphatic carbocycles. The summed E-state index contributed by atoms with van der Waals surface area (Å²) in [6, 6.07) is 14.1. The molecule has 0 saturated carbocycles. The molecule has 9 nitrogen and oxygen atoms in total. The predicted octanol–water partition coefficient (Wildman–Crippen LogP) is 3.09. The van der Waals surface area contributed by atoms with Crippen molar-refractivity contribution in [2.24, 2.45) is 0 Å². The molecule has 176 valence electrons. The number of carbonyl (C=O) groups excluding carboxylic acids is 1. The minimum absolute atomic E-state index is 0.213. The van der Waals surface area contributed by atoms with E-state index in [4.69, 9.17) is 9.47 Å². The lowest BCUT2D eigenvalue weighted by atomic mass is 10.1. The third-order valence-corrected chi connectivity index (χ3v) is 5.83. The molecule has 9 heteroatoms. The standard InChI is InChI=1S/C25H27N5O4/c1-15-23-22(16(2)29(28-23)19-9-7-6-8-10-19)25(32)30(27-15)17(3)24(31)26-14-18-13-20(33-4)11-12-21(18)34-5/h6-13,17H,14H2,1-5H3,(H,26,31)/t17-/m1/s1. The number of hydrogen-bond acceptors (Lipinski definition) is 6. The molecule has 1 atom stereocenters. The lowest BCUT2D eigenvalue weighted by molar-refractivity contribution is -0.124. The molecule has 1 N–H and O–H groups in total. The van der Waals surface area contributed by atoms with Crippen molar-refractivity contribution in [3.05, 3.63) is 75.8 Å². The SMILES string of the molecule is COc1ccc(OC)c(CNC(=O)[C@@H](C)n2nc(C)c3nn(-c4ccccc4)c(C)c3c2=O)c1. The molecule has 0 fully saturated rings. The van der Waals surface area contributed by atoms with E-state index in [0.717, 1.165) is 11.3 Å². The van der Waals surface area contributed by atoms with Gasteiger partial charge in [0, 0.05) is 12.1 Å². The lowest BCUT2D eigenvalue weighted by Gasteiger charge is -2.16. The number of nitrogens with zero attached hydrogens (tertiary/aromatic N) is 4. The molecular weight excluding hydrogens is 434 g/mol. The predicted molar refractivity (Wildman–Crippen MR) is 129 cm³/mol. The Morgan fingerprint density at radius 2 is 1.79 bits per heavy atom. The topological polar surface area (TPSA) is 100 Å². The van der Waals surface area contributed by atoms with Crippen LogP contribution in [0.1, 0.15) is 29.9 Å². The van der Waals surface area contributed by atoms with Gasteiger partial charge in [0.15, 0.2) is 0 Å². The number of benzene rings is 2. The van der Waals surface area contributed by atoms with Crippen molar-refractivity contribution in [3.63, 3.8) is 0 Å². The first-order valence-electron chi connectivity index (χ1n) is 10.9. The van der Waals surface area contributed by atoms with Crippen molar-refractivity contribution < 1.29 is 14.3 Å². The van der Waals surface area contributed by atoms with E-state index in [1.165, 1.54) is 4.68 Å². The van der Waals surface area contributed by atoms with Crippen molar-refractivity contribution in [1.29, 1.82) is 0 Å². The summed E-state index contributed by atoms with van der Waals surface area (Å²) in [5.41, 5.74) is 3.03. The molecule has 0 aliphatic rings. The number of ether oxygens (including phenoxy) is 2. The van der Waals surface area contributed by atoms with Gasteiger partial charge in [-0.05, 0) is 51.1 Å². The second-order valence-electron chi connectivity index (χ2n) is 7.96. The van der Waals surface area contributed by atoms with E-state index in [0.29, 0.717) is 33.8 Å². The van der Waals surface area contributed by atoms with E-state index >= 15 is 0 Å². The maximum absolute atomic E-state index is 13.4. The second-order valence-corrected chi connectivity index (χ2v) is 7.96. The molecule has 1 amide bonds. The maximum Gasteiger partial charge on any atom is 0.278 e. The minimum atomic E-state index is -0.827. The number of nitrogens with one attached hydrogen (secondary N) is 1. The third kappa shape index (κ3) is 4.12. The van der Waals surface area contributed by atoms with Crippen LogP contribution in [0, 0.1) is 13.8 Å². The van der Waals surface area contributed by atoms with Crippen LogP contribution in [0.5, 0.6) is 11.5 Å². The molecule has 4 aromatic rings. The molecular formula is C25H27N5O4. The summed E-state index contributed by atoms with van der Waals surface area (Å²) in [6.45, 7) is 5.48. The van der Waals surface area contributed by atoms with Gasteiger partial charge in [-0.3, -0.25) is 9.59 Å². The number of hydrogen-bond donors (Lipinski definition) is 1. The van der Waals surface area contributed by atoms with Gasteiger partial charge in [-0.1, -0.05) is 18.2 Å². The zero-order chi connectivity index (χ0) is 24.4. The smallest absolute Gasteiger partial charge is 0.278 e. The van der Waals surface area contributed by atoms with E-state index in [2.05, 4.69) is 15.5 Å². The highest BCUT2D eigenvalue weighted by atomic mass is 16.5. The Morgan fingerprint density at radius 1 is 1.06 bits per heavy atom. The van der Waals surface area contributed by atoms with Crippen molar-refractivity contribution in [2.75, 3.05) is 14.2 Å². The van der Waals surface area contributed by atoms with Gasteiger partial charge in [-0.25, -0.2) is 9.36 Å². The Kier molecular flexibility index (Phi) is 6.36. The molecule has 2 aromatic carbocycles. The summed E-state index contributed by atoms with van der Waals surface area (Å²) < 4.78 is 13.6. The average molecular weight is 462 g/mol. The molecule has 0 radical (unpaired) electrons. The van der Waals surface area contributed by atoms with Crippen LogP contribution in [-0.2, 0) is 11.3 Å². The number of fused-ring (bicyclic) bond motifs is 1. The molecule has 2 heterocycles. The molecule has 4 rings (SSSR count). The molecule has 2 aromatic heterocycles. The number of amides is 1. The first kappa shape index (κ1) is 23.0.